The van der Waals surface area contributed by atoms with E-state index in [4.69, 9.17) is 9.47 Å². The number of ether oxygens (including phenoxy) is 2. The maximum absolute atomic E-state index is 10.1. The number of aryl methyl sites for hydroxylation is 1. The van der Waals surface area contributed by atoms with Gasteiger partial charge >= 0.3 is 0 Å². The van der Waals surface area contributed by atoms with Crippen LogP contribution in [0.3, 0.4) is 0 Å². The SMILES string of the molecule is COC1OC(Cn2cc(CCCN(C)CCC(C)C)nn2)C(O)C(O)C1O. The van der Waals surface area contributed by atoms with Crippen molar-refractivity contribution in [1.29, 1.82) is 0 Å². The average molecular weight is 386 g/mol. The summed E-state index contributed by atoms with van der Waals surface area (Å²) < 4.78 is 12.1. The number of aliphatic hydroxyl groups is 3. The van der Waals surface area contributed by atoms with E-state index in [2.05, 4.69) is 36.1 Å². The van der Waals surface area contributed by atoms with Gasteiger partial charge in [-0.15, -0.1) is 5.10 Å². The van der Waals surface area contributed by atoms with Crippen LogP contribution in [0.25, 0.3) is 0 Å². The molecule has 5 atom stereocenters. The number of methoxy groups -OCH3 is 1. The minimum absolute atomic E-state index is 0.214. The smallest absolute Gasteiger partial charge is 0.186 e. The fraction of sp³-hybridized carbons (Fsp3) is 0.889. The first-order valence-electron chi connectivity index (χ1n) is 9.61. The van der Waals surface area contributed by atoms with Crippen molar-refractivity contribution in [3.8, 4) is 0 Å². The summed E-state index contributed by atoms with van der Waals surface area (Å²) in [6.07, 6.45) is -0.757. The highest BCUT2D eigenvalue weighted by Gasteiger charge is 2.44. The summed E-state index contributed by atoms with van der Waals surface area (Å²) in [5, 5.41) is 38.1. The molecule has 3 N–H and O–H groups in total. The molecule has 9 nitrogen and oxygen atoms in total. The lowest BCUT2D eigenvalue weighted by Gasteiger charge is -2.39. The van der Waals surface area contributed by atoms with Crippen molar-refractivity contribution < 1.29 is 24.8 Å². The van der Waals surface area contributed by atoms with Gasteiger partial charge in [0.25, 0.3) is 0 Å². The van der Waals surface area contributed by atoms with Gasteiger partial charge in [0, 0.05) is 13.3 Å². The topological polar surface area (TPSA) is 113 Å². The zero-order valence-corrected chi connectivity index (χ0v) is 16.7. The van der Waals surface area contributed by atoms with E-state index in [0.717, 1.165) is 31.6 Å². The van der Waals surface area contributed by atoms with E-state index < -0.39 is 30.7 Å². The standard InChI is InChI=1S/C18H34N4O5/c1-12(2)7-9-21(3)8-5-6-13-10-22(20-19-13)11-14-15(23)16(24)17(25)18(26-4)27-14/h10,12,14-18,23-25H,5-9,11H2,1-4H3. The van der Waals surface area contributed by atoms with Gasteiger partial charge in [-0.25, -0.2) is 4.68 Å². The Bertz CT molecular complexity index is 554. The Morgan fingerprint density at radius 3 is 2.63 bits per heavy atom. The Kier molecular flexibility index (Phi) is 8.59. The molecule has 0 aliphatic carbocycles. The molecule has 0 bridgehead atoms. The zero-order chi connectivity index (χ0) is 20.0. The Morgan fingerprint density at radius 1 is 1.22 bits per heavy atom. The van der Waals surface area contributed by atoms with E-state index in [1.165, 1.54) is 13.5 Å². The molecule has 2 heterocycles. The predicted molar refractivity (Wildman–Crippen MR) is 99.0 cm³/mol. The quantitative estimate of drug-likeness (QED) is 0.500. The van der Waals surface area contributed by atoms with Gasteiger partial charge in [-0.1, -0.05) is 19.1 Å². The molecule has 1 aliphatic rings. The molecule has 2 rings (SSSR count). The van der Waals surface area contributed by atoms with Crippen LogP contribution in [-0.2, 0) is 22.4 Å². The molecular formula is C18H34N4O5. The second kappa shape index (κ2) is 10.4. The second-order valence-corrected chi connectivity index (χ2v) is 7.77. The van der Waals surface area contributed by atoms with Gasteiger partial charge in [0.15, 0.2) is 6.29 Å². The van der Waals surface area contributed by atoms with Gasteiger partial charge in [-0.05, 0) is 45.3 Å². The van der Waals surface area contributed by atoms with Crippen molar-refractivity contribution in [3.05, 3.63) is 11.9 Å². The fourth-order valence-corrected chi connectivity index (χ4v) is 3.11. The summed E-state index contributed by atoms with van der Waals surface area (Å²) in [5.41, 5.74) is 0.876. The predicted octanol–water partition coefficient (Wildman–Crippen LogP) is -0.357. The van der Waals surface area contributed by atoms with Gasteiger partial charge in [-0.3, -0.25) is 0 Å². The van der Waals surface area contributed by atoms with Crippen LogP contribution in [0.15, 0.2) is 6.20 Å². The van der Waals surface area contributed by atoms with Crippen LogP contribution in [0.2, 0.25) is 0 Å². The number of nitrogens with zero attached hydrogens (tertiary/aromatic N) is 4. The van der Waals surface area contributed by atoms with Gasteiger partial charge in [0.05, 0.1) is 12.2 Å². The van der Waals surface area contributed by atoms with E-state index in [1.54, 1.807) is 4.68 Å². The minimum Gasteiger partial charge on any atom is -0.388 e. The molecule has 1 saturated heterocycles. The zero-order valence-electron chi connectivity index (χ0n) is 16.7. The lowest BCUT2D eigenvalue weighted by Crippen LogP contribution is -2.58. The number of hydrogen-bond donors (Lipinski definition) is 3. The van der Waals surface area contributed by atoms with Crippen molar-refractivity contribution in [3.63, 3.8) is 0 Å². The first kappa shape index (κ1) is 22.2. The molecule has 1 fully saturated rings. The van der Waals surface area contributed by atoms with Gasteiger partial charge in [-0.2, -0.15) is 0 Å². The molecule has 1 aliphatic heterocycles. The third-order valence-electron chi connectivity index (χ3n) is 4.91. The third kappa shape index (κ3) is 6.48. The van der Waals surface area contributed by atoms with Crippen LogP contribution in [0.1, 0.15) is 32.4 Å². The van der Waals surface area contributed by atoms with Crippen LogP contribution in [-0.4, -0.2) is 93.2 Å². The molecular weight excluding hydrogens is 352 g/mol. The lowest BCUT2D eigenvalue weighted by molar-refractivity contribution is -0.292. The molecule has 5 unspecified atom stereocenters. The monoisotopic (exact) mass is 386 g/mol. The fourth-order valence-electron chi connectivity index (χ4n) is 3.11. The van der Waals surface area contributed by atoms with E-state index in [9.17, 15) is 15.3 Å². The largest absolute Gasteiger partial charge is 0.388 e. The molecule has 0 aromatic carbocycles. The van der Waals surface area contributed by atoms with Crippen molar-refractivity contribution in [2.45, 2.75) is 70.4 Å². The van der Waals surface area contributed by atoms with Crippen LogP contribution in [0.4, 0.5) is 0 Å². The lowest BCUT2D eigenvalue weighted by atomic mass is 9.99. The highest BCUT2D eigenvalue weighted by atomic mass is 16.7. The Morgan fingerprint density at radius 2 is 1.96 bits per heavy atom. The molecule has 27 heavy (non-hydrogen) atoms. The number of aliphatic hydroxyl groups excluding tert-OH is 3. The highest BCUT2D eigenvalue weighted by Crippen LogP contribution is 2.22. The average Bonchev–Trinajstić information content (AvgIpc) is 3.07. The molecule has 0 spiro atoms. The molecule has 0 amide bonds. The van der Waals surface area contributed by atoms with Crippen LogP contribution < -0.4 is 0 Å². The number of hydrogen-bond acceptors (Lipinski definition) is 8. The summed E-state index contributed by atoms with van der Waals surface area (Å²) in [4.78, 5) is 2.33. The summed E-state index contributed by atoms with van der Waals surface area (Å²) in [5.74, 6) is 0.710. The number of rotatable bonds is 10. The third-order valence-corrected chi connectivity index (χ3v) is 4.91. The minimum atomic E-state index is -1.34. The highest BCUT2D eigenvalue weighted by molar-refractivity contribution is 4.94. The summed E-state index contributed by atoms with van der Waals surface area (Å²) in [7, 11) is 3.51. The van der Waals surface area contributed by atoms with Crippen LogP contribution in [0.5, 0.6) is 0 Å². The van der Waals surface area contributed by atoms with Gasteiger partial charge in [0.1, 0.15) is 24.4 Å². The van der Waals surface area contributed by atoms with E-state index in [0.29, 0.717) is 5.92 Å². The summed E-state index contributed by atoms with van der Waals surface area (Å²) in [6.45, 7) is 6.77. The summed E-state index contributed by atoms with van der Waals surface area (Å²) >= 11 is 0. The van der Waals surface area contributed by atoms with E-state index in [-0.39, 0.29) is 6.54 Å². The Labute approximate surface area is 160 Å². The Balaban J connectivity index is 1.80. The van der Waals surface area contributed by atoms with Gasteiger partial charge in [0.2, 0.25) is 0 Å². The Hall–Kier alpha value is -1.10. The second-order valence-electron chi connectivity index (χ2n) is 7.77. The maximum atomic E-state index is 10.1. The summed E-state index contributed by atoms with van der Waals surface area (Å²) in [6, 6.07) is 0. The van der Waals surface area contributed by atoms with Crippen molar-refractivity contribution in [1.82, 2.24) is 19.9 Å². The van der Waals surface area contributed by atoms with Crippen LogP contribution in [0, 0.1) is 5.92 Å². The molecule has 0 radical (unpaired) electrons. The first-order valence-corrected chi connectivity index (χ1v) is 9.61. The molecule has 1 aromatic rings. The maximum Gasteiger partial charge on any atom is 0.186 e. The van der Waals surface area contributed by atoms with Gasteiger partial charge < -0.3 is 29.7 Å². The normalized spacial score (nSPS) is 29.0. The van der Waals surface area contributed by atoms with Crippen molar-refractivity contribution in [2.75, 3.05) is 27.2 Å². The molecule has 0 saturated carbocycles. The number of aromatic nitrogens is 3. The van der Waals surface area contributed by atoms with E-state index >= 15 is 0 Å². The van der Waals surface area contributed by atoms with E-state index in [1.807, 2.05) is 6.20 Å². The molecule has 156 valence electrons. The molecule has 9 heteroatoms. The molecule has 1 aromatic heterocycles. The van der Waals surface area contributed by atoms with Crippen molar-refractivity contribution >= 4 is 0 Å². The van der Waals surface area contributed by atoms with Crippen molar-refractivity contribution in [2.24, 2.45) is 5.92 Å². The van der Waals surface area contributed by atoms with Crippen LogP contribution >= 0.6 is 0 Å². The first-order chi connectivity index (χ1) is 12.8.